The summed E-state index contributed by atoms with van der Waals surface area (Å²) < 4.78 is 24.0. The molecule has 0 aliphatic carbocycles. The minimum atomic E-state index is -3.21. The molecule has 0 aromatic rings. The Morgan fingerprint density at radius 1 is 1.25 bits per heavy atom. The molecule has 0 saturated carbocycles. The Hall–Kier alpha value is -1.35. The van der Waals surface area contributed by atoms with Gasteiger partial charge < -0.3 is 15.3 Å². The van der Waals surface area contributed by atoms with E-state index in [0.717, 1.165) is 6.26 Å². The molecule has 1 fully saturated rings. The summed E-state index contributed by atoms with van der Waals surface area (Å²) in [5, 5.41) is 11.3. The summed E-state index contributed by atoms with van der Waals surface area (Å²) in [4.78, 5) is 23.9. The van der Waals surface area contributed by atoms with Crippen LogP contribution in [0.5, 0.6) is 0 Å². The molecule has 20 heavy (non-hydrogen) atoms. The van der Waals surface area contributed by atoms with E-state index in [0.29, 0.717) is 19.5 Å². The van der Waals surface area contributed by atoms with Gasteiger partial charge in [0.15, 0.2) is 0 Å². The maximum atomic E-state index is 11.9. The average molecular weight is 307 g/mol. The van der Waals surface area contributed by atoms with Crippen molar-refractivity contribution in [3.8, 4) is 0 Å². The van der Waals surface area contributed by atoms with E-state index in [1.54, 1.807) is 11.8 Å². The number of carboxylic acid groups (broad SMARTS) is 1. The van der Waals surface area contributed by atoms with Crippen molar-refractivity contribution in [1.29, 1.82) is 0 Å². The summed E-state index contributed by atoms with van der Waals surface area (Å²) in [6, 6.07) is -0.512. The lowest BCUT2D eigenvalue weighted by Gasteiger charge is -2.33. The highest BCUT2D eigenvalue weighted by atomic mass is 32.2. The van der Waals surface area contributed by atoms with Crippen molar-refractivity contribution in [1.82, 2.24) is 14.5 Å². The van der Waals surface area contributed by atoms with Gasteiger partial charge in [-0.2, -0.15) is 4.31 Å². The molecular weight excluding hydrogens is 286 g/mol. The molecule has 1 heterocycles. The number of hydrogen-bond donors (Lipinski definition) is 2. The van der Waals surface area contributed by atoms with E-state index in [2.05, 4.69) is 5.32 Å². The van der Waals surface area contributed by atoms with E-state index >= 15 is 0 Å². The minimum absolute atomic E-state index is 0.00328. The third kappa shape index (κ3) is 5.33. The molecule has 1 aliphatic heterocycles. The number of hydrogen-bond acceptors (Lipinski definition) is 4. The number of carbonyl (C=O) groups is 2. The molecule has 1 saturated heterocycles. The average Bonchev–Trinajstić information content (AvgIpc) is 2.35. The van der Waals surface area contributed by atoms with Gasteiger partial charge in [-0.15, -0.1) is 0 Å². The number of piperazine rings is 1. The first-order valence-corrected chi connectivity index (χ1v) is 8.27. The van der Waals surface area contributed by atoms with Gasteiger partial charge in [0.05, 0.1) is 6.26 Å². The summed E-state index contributed by atoms with van der Waals surface area (Å²) in [5.41, 5.74) is 0. The molecular formula is C11H21N3O5S. The molecule has 0 spiro atoms. The molecule has 0 aromatic heterocycles. The fraction of sp³-hybridized carbons (Fsp3) is 0.818. The summed E-state index contributed by atoms with van der Waals surface area (Å²) in [7, 11) is -3.21. The van der Waals surface area contributed by atoms with Gasteiger partial charge in [0.25, 0.3) is 0 Å². The number of sulfonamides is 1. The van der Waals surface area contributed by atoms with Gasteiger partial charge in [0.2, 0.25) is 10.0 Å². The molecule has 9 heteroatoms. The van der Waals surface area contributed by atoms with Crippen LogP contribution in [0.3, 0.4) is 0 Å². The molecule has 1 unspecified atom stereocenters. The van der Waals surface area contributed by atoms with Gasteiger partial charge in [-0.1, -0.05) is 0 Å². The van der Waals surface area contributed by atoms with Crippen LogP contribution in [0.2, 0.25) is 0 Å². The lowest BCUT2D eigenvalue weighted by Crippen LogP contribution is -2.54. The van der Waals surface area contributed by atoms with Crippen molar-refractivity contribution in [2.75, 3.05) is 32.4 Å². The summed E-state index contributed by atoms with van der Waals surface area (Å²) in [6.07, 6.45) is 1.52. The third-order valence-electron chi connectivity index (χ3n) is 3.16. The first kappa shape index (κ1) is 16.7. The van der Waals surface area contributed by atoms with Crippen LogP contribution in [0.4, 0.5) is 4.79 Å². The van der Waals surface area contributed by atoms with Crippen molar-refractivity contribution < 1.29 is 23.1 Å². The van der Waals surface area contributed by atoms with Gasteiger partial charge >= 0.3 is 12.0 Å². The van der Waals surface area contributed by atoms with Crippen LogP contribution >= 0.6 is 0 Å². The predicted octanol–water partition coefficient (Wildman–Crippen LogP) is -0.473. The number of nitrogens with one attached hydrogen (secondary N) is 1. The summed E-state index contributed by atoms with van der Waals surface area (Å²) >= 11 is 0. The molecule has 0 aromatic carbocycles. The fourth-order valence-electron chi connectivity index (χ4n) is 1.94. The SMILES string of the molecule is CC(CCC(=O)O)NC(=O)N1CCN(S(C)(=O)=O)CC1. The van der Waals surface area contributed by atoms with Crippen molar-refractivity contribution in [2.45, 2.75) is 25.8 Å². The fourth-order valence-corrected chi connectivity index (χ4v) is 2.76. The summed E-state index contributed by atoms with van der Waals surface area (Å²) in [6.45, 7) is 2.99. The topological polar surface area (TPSA) is 107 Å². The zero-order valence-electron chi connectivity index (χ0n) is 11.7. The number of amides is 2. The molecule has 2 amide bonds. The van der Waals surface area contributed by atoms with E-state index in [4.69, 9.17) is 5.11 Å². The zero-order chi connectivity index (χ0) is 15.3. The van der Waals surface area contributed by atoms with Gasteiger partial charge in [-0.05, 0) is 13.3 Å². The Bertz CT molecular complexity index is 457. The van der Waals surface area contributed by atoms with Gasteiger partial charge in [0.1, 0.15) is 0 Å². The van der Waals surface area contributed by atoms with Gasteiger partial charge in [-0.3, -0.25) is 4.79 Å². The number of rotatable bonds is 5. The molecule has 1 aliphatic rings. The normalized spacial score (nSPS) is 18.6. The van der Waals surface area contributed by atoms with E-state index in [1.807, 2.05) is 0 Å². The number of aliphatic carboxylic acids is 1. The first-order valence-electron chi connectivity index (χ1n) is 6.42. The van der Waals surface area contributed by atoms with E-state index in [-0.39, 0.29) is 31.6 Å². The van der Waals surface area contributed by atoms with Crippen molar-refractivity contribution in [3.05, 3.63) is 0 Å². The van der Waals surface area contributed by atoms with E-state index in [1.165, 1.54) is 4.31 Å². The molecule has 0 radical (unpaired) electrons. The number of urea groups is 1. The third-order valence-corrected chi connectivity index (χ3v) is 4.46. The Morgan fingerprint density at radius 2 is 1.80 bits per heavy atom. The van der Waals surface area contributed by atoms with Crippen molar-refractivity contribution in [3.63, 3.8) is 0 Å². The number of nitrogens with zero attached hydrogens (tertiary/aromatic N) is 2. The van der Waals surface area contributed by atoms with Crippen molar-refractivity contribution in [2.24, 2.45) is 0 Å². The maximum absolute atomic E-state index is 11.9. The van der Waals surface area contributed by atoms with Crippen LogP contribution < -0.4 is 5.32 Å². The quantitative estimate of drug-likeness (QED) is 0.714. The first-order chi connectivity index (χ1) is 9.20. The van der Waals surface area contributed by atoms with E-state index < -0.39 is 16.0 Å². The molecule has 8 nitrogen and oxygen atoms in total. The van der Waals surface area contributed by atoms with Gasteiger partial charge in [0, 0.05) is 38.6 Å². The van der Waals surface area contributed by atoms with Crippen LogP contribution in [0.1, 0.15) is 19.8 Å². The highest BCUT2D eigenvalue weighted by molar-refractivity contribution is 7.88. The van der Waals surface area contributed by atoms with Crippen LogP contribution in [0.25, 0.3) is 0 Å². The lowest BCUT2D eigenvalue weighted by molar-refractivity contribution is -0.137. The standard InChI is InChI=1S/C11H21N3O5S/c1-9(3-4-10(15)16)12-11(17)13-5-7-14(8-6-13)20(2,18)19/h9H,3-8H2,1-2H3,(H,12,17)(H,15,16). The highest BCUT2D eigenvalue weighted by Gasteiger charge is 2.26. The molecule has 2 N–H and O–H groups in total. The largest absolute Gasteiger partial charge is 0.481 e. The highest BCUT2D eigenvalue weighted by Crippen LogP contribution is 2.07. The Balaban J connectivity index is 2.37. The Morgan fingerprint density at radius 3 is 2.25 bits per heavy atom. The van der Waals surface area contributed by atoms with Crippen LogP contribution in [-0.2, 0) is 14.8 Å². The maximum Gasteiger partial charge on any atom is 0.317 e. The second-order valence-electron chi connectivity index (χ2n) is 4.93. The lowest BCUT2D eigenvalue weighted by atomic mass is 10.2. The van der Waals surface area contributed by atoms with Crippen LogP contribution in [0, 0.1) is 0 Å². The van der Waals surface area contributed by atoms with Crippen molar-refractivity contribution >= 4 is 22.0 Å². The monoisotopic (exact) mass is 307 g/mol. The summed E-state index contributed by atoms with van der Waals surface area (Å²) in [5.74, 6) is -0.895. The zero-order valence-corrected chi connectivity index (χ0v) is 12.5. The molecule has 0 bridgehead atoms. The predicted molar refractivity (Wildman–Crippen MR) is 72.9 cm³/mol. The van der Waals surface area contributed by atoms with Crippen LogP contribution in [0.15, 0.2) is 0 Å². The van der Waals surface area contributed by atoms with Crippen LogP contribution in [-0.4, -0.2) is 73.2 Å². The molecule has 1 atom stereocenters. The second-order valence-corrected chi connectivity index (χ2v) is 6.91. The molecule has 1 rings (SSSR count). The second kappa shape index (κ2) is 6.89. The van der Waals surface area contributed by atoms with Gasteiger partial charge in [-0.25, -0.2) is 13.2 Å². The smallest absolute Gasteiger partial charge is 0.317 e. The number of carbonyl (C=O) groups excluding carboxylic acids is 1. The Kier molecular flexibility index (Phi) is 5.75. The number of carboxylic acids is 1. The Labute approximate surface area is 118 Å². The minimum Gasteiger partial charge on any atom is -0.481 e. The van der Waals surface area contributed by atoms with E-state index in [9.17, 15) is 18.0 Å². The molecule has 116 valence electrons.